The molecule has 1 aliphatic heterocycles. The van der Waals surface area contributed by atoms with Crippen molar-refractivity contribution in [1.29, 1.82) is 0 Å². The van der Waals surface area contributed by atoms with Crippen molar-refractivity contribution in [3.63, 3.8) is 0 Å². The Hall–Kier alpha value is -1.56. The molecular weight excluding hydrogens is 310 g/mol. The number of rotatable bonds is 5. The van der Waals surface area contributed by atoms with E-state index in [4.69, 9.17) is 0 Å². The van der Waals surface area contributed by atoms with Gasteiger partial charge in [-0.3, -0.25) is 9.80 Å². The van der Waals surface area contributed by atoms with Gasteiger partial charge in [0.25, 0.3) is 6.43 Å². The molecule has 0 radical (unpaired) electrons. The van der Waals surface area contributed by atoms with Crippen LogP contribution in [0.3, 0.4) is 0 Å². The molecule has 0 amide bonds. The van der Waals surface area contributed by atoms with Crippen LogP contribution in [0.2, 0.25) is 0 Å². The molecule has 0 unspecified atom stereocenters. The first-order valence-corrected chi connectivity index (χ1v) is 8.52. The van der Waals surface area contributed by atoms with Crippen molar-refractivity contribution in [2.45, 2.75) is 19.0 Å². The second kappa shape index (κ2) is 8.01. The largest absolute Gasteiger partial charge is 0.387 e. The topological polar surface area (TPSA) is 26.7 Å². The normalized spacial score (nSPS) is 18.8. The lowest BCUT2D eigenvalue weighted by Crippen LogP contribution is -2.35. The van der Waals surface area contributed by atoms with E-state index in [0.29, 0.717) is 26.2 Å². The number of halogens is 2. The third-order valence-electron chi connectivity index (χ3n) is 4.69. The van der Waals surface area contributed by atoms with Gasteiger partial charge in [-0.1, -0.05) is 42.5 Å². The first-order chi connectivity index (χ1) is 11.6. The molecule has 1 fully saturated rings. The molecule has 0 aliphatic carbocycles. The predicted octanol–water partition coefficient (Wildman–Crippen LogP) is 3.15. The summed E-state index contributed by atoms with van der Waals surface area (Å²) in [6, 6.07) is 14.0. The van der Waals surface area contributed by atoms with E-state index in [2.05, 4.69) is 4.90 Å². The molecule has 1 N–H and O–H groups in total. The minimum Gasteiger partial charge on any atom is -0.387 e. The fourth-order valence-electron chi connectivity index (χ4n) is 3.47. The van der Waals surface area contributed by atoms with Gasteiger partial charge in [0.2, 0.25) is 0 Å². The van der Waals surface area contributed by atoms with Crippen LogP contribution in [-0.2, 0) is 0 Å². The van der Waals surface area contributed by atoms with Gasteiger partial charge in [-0.15, -0.1) is 0 Å². The van der Waals surface area contributed by atoms with Crippen LogP contribution in [0.1, 0.15) is 18.1 Å². The number of nitrogens with zero attached hydrogens (tertiary/aromatic N) is 2. The van der Waals surface area contributed by atoms with E-state index in [1.807, 2.05) is 47.4 Å². The van der Waals surface area contributed by atoms with Crippen molar-refractivity contribution in [2.75, 3.05) is 39.3 Å². The van der Waals surface area contributed by atoms with E-state index < -0.39 is 12.5 Å². The van der Waals surface area contributed by atoms with Crippen molar-refractivity contribution < 1.29 is 13.9 Å². The Morgan fingerprint density at radius 2 is 1.54 bits per heavy atom. The highest BCUT2D eigenvalue weighted by molar-refractivity contribution is 5.85. The molecule has 0 spiro atoms. The molecule has 3 nitrogen and oxygen atoms in total. The van der Waals surface area contributed by atoms with Crippen LogP contribution in [0.5, 0.6) is 0 Å². The Morgan fingerprint density at radius 3 is 2.29 bits per heavy atom. The fourth-order valence-corrected chi connectivity index (χ4v) is 3.47. The number of hydrogen-bond donors (Lipinski definition) is 1. The van der Waals surface area contributed by atoms with Crippen LogP contribution >= 0.6 is 0 Å². The maximum atomic E-state index is 12.5. The predicted molar refractivity (Wildman–Crippen MR) is 92.4 cm³/mol. The zero-order valence-corrected chi connectivity index (χ0v) is 13.7. The smallest absolute Gasteiger partial charge is 0.251 e. The Morgan fingerprint density at radius 1 is 0.875 bits per heavy atom. The highest BCUT2D eigenvalue weighted by Gasteiger charge is 2.20. The molecule has 0 saturated carbocycles. The molecule has 1 heterocycles. The minimum atomic E-state index is -2.28. The summed E-state index contributed by atoms with van der Waals surface area (Å²) in [6.45, 7) is 3.27. The lowest BCUT2D eigenvalue weighted by Gasteiger charge is -2.24. The van der Waals surface area contributed by atoms with Crippen molar-refractivity contribution in [3.05, 3.63) is 48.0 Å². The summed E-state index contributed by atoms with van der Waals surface area (Å²) in [5.74, 6) is 0. The van der Waals surface area contributed by atoms with Gasteiger partial charge in [0.05, 0.1) is 12.6 Å². The molecule has 2 aromatic carbocycles. The highest BCUT2D eigenvalue weighted by atomic mass is 19.3. The monoisotopic (exact) mass is 334 g/mol. The van der Waals surface area contributed by atoms with Crippen molar-refractivity contribution in [2.24, 2.45) is 0 Å². The summed E-state index contributed by atoms with van der Waals surface area (Å²) in [5.41, 5.74) is 0.932. The second-order valence-electron chi connectivity index (χ2n) is 6.43. The molecular formula is C19H24F2N2O. The van der Waals surface area contributed by atoms with Gasteiger partial charge in [-0.25, -0.2) is 8.78 Å². The summed E-state index contributed by atoms with van der Waals surface area (Å²) >= 11 is 0. The summed E-state index contributed by atoms with van der Waals surface area (Å²) in [5, 5.41) is 12.9. The highest BCUT2D eigenvalue weighted by Crippen LogP contribution is 2.25. The molecule has 0 bridgehead atoms. The van der Waals surface area contributed by atoms with Crippen LogP contribution in [0, 0.1) is 0 Å². The van der Waals surface area contributed by atoms with Gasteiger partial charge in [0.15, 0.2) is 0 Å². The minimum absolute atomic E-state index is 0.153. The van der Waals surface area contributed by atoms with E-state index >= 15 is 0 Å². The quantitative estimate of drug-likeness (QED) is 0.910. The molecule has 3 rings (SSSR count). The molecule has 1 saturated heterocycles. The number of benzene rings is 2. The van der Waals surface area contributed by atoms with Crippen molar-refractivity contribution in [1.82, 2.24) is 9.80 Å². The van der Waals surface area contributed by atoms with Crippen LogP contribution in [-0.4, -0.2) is 60.6 Å². The zero-order valence-electron chi connectivity index (χ0n) is 13.7. The van der Waals surface area contributed by atoms with Crippen LogP contribution in [0.15, 0.2) is 42.5 Å². The standard InChI is InChI=1S/C19H24F2N2O/c20-19(21)14-23-10-4-9-22(11-12-23)13-18(24)17-8-3-6-15-5-1-2-7-16(15)17/h1-3,5-8,18-19,24H,4,9-14H2/t18-/m0/s1. The molecule has 130 valence electrons. The van der Waals surface area contributed by atoms with Gasteiger partial charge in [-0.2, -0.15) is 0 Å². The summed E-state index contributed by atoms with van der Waals surface area (Å²) < 4.78 is 25.1. The van der Waals surface area contributed by atoms with E-state index in [0.717, 1.165) is 29.3 Å². The summed E-state index contributed by atoms with van der Waals surface area (Å²) in [4.78, 5) is 3.99. The fraction of sp³-hybridized carbons (Fsp3) is 0.474. The Balaban J connectivity index is 1.65. The number of aliphatic hydroxyl groups is 1. The lowest BCUT2D eigenvalue weighted by molar-refractivity contribution is 0.0862. The number of aliphatic hydroxyl groups excluding tert-OH is 1. The second-order valence-corrected chi connectivity index (χ2v) is 6.43. The SMILES string of the molecule is O[C@@H](CN1CCCN(CC(F)F)CC1)c1cccc2ccccc12. The molecule has 0 aromatic heterocycles. The van der Waals surface area contributed by atoms with Crippen molar-refractivity contribution in [3.8, 4) is 0 Å². The van der Waals surface area contributed by atoms with Crippen LogP contribution < -0.4 is 0 Å². The zero-order chi connectivity index (χ0) is 16.9. The Labute approximate surface area is 141 Å². The van der Waals surface area contributed by atoms with Crippen LogP contribution in [0.25, 0.3) is 10.8 Å². The Bertz CT molecular complexity index is 659. The molecule has 1 aliphatic rings. The van der Waals surface area contributed by atoms with E-state index in [9.17, 15) is 13.9 Å². The van der Waals surface area contributed by atoms with E-state index in [-0.39, 0.29) is 6.54 Å². The van der Waals surface area contributed by atoms with Gasteiger partial charge in [-0.05, 0) is 35.8 Å². The average Bonchev–Trinajstić information content (AvgIpc) is 2.79. The van der Waals surface area contributed by atoms with Gasteiger partial charge >= 0.3 is 0 Å². The van der Waals surface area contributed by atoms with Crippen LogP contribution in [0.4, 0.5) is 8.78 Å². The summed E-state index contributed by atoms with van der Waals surface area (Å²) in [6.07, 6.45) is -2.00. The van der Waals surface area contributed by atoms with Gasteiger partial charge in [0, 0.05) is 19.6 Å². The molecule has 2 aromatic rings. The maximum absolute atomic E-state index is 12.5. The third kappa shape index (κ3) is 4.29. The van der Waals surface area contributed by atoms with E-state index in [1.165, 1.54) is 0 Å². The van der Waals surface area contributed by atoms with E-state index in [1.54, 1.807) is 0 Å². The van der Waals surface area contributed by atoms with Gasteiger partial charge < -0.3 is 5.11 Å². The summed E-state index contributed by atoms with van der Waals surface area (Å²) in [7, 11) is 0. The first kappa shape index (κ1) is 17.3. The maximum Gasteiger partial charge on any atom is 0.251 e. The van der Waals surface area contributed by atoms with Gasteiger partial charge in [0.1, 0.15) is 0 Å². The molecule has 5 heteroatoms. The molecule has 24 heavy (non-hydrogen) atoms. The average molecular weight is 334 g/mol. The van der Waals surface area contributed by atoms with Crippen molar-refractivity contribution >= 4 is 10.8 Å². The first-order valence-electron chi connectivity index (χ1n) is 8.52. The number of alkyl halides is 2. The number of hydrogen-bond acceptors (Lipinski definition) is 3. The third-order valence-corrected chi connectivity index (χ3v) is 4.69. The molecule has 1 atom stereocenters. The Kier molecular flexibility index (Phi) is 5.76. The number of fused-ring (bicyclic) bond motifs is 1. The number of β-amino-alcohol motifs (C(OH)–C–C–N with tert-alkyl or cyclic N) is 1. The lowest BCUT2D eigenvalue weighted by atomic mass is 10.00.